The minimum absolute atomic E-state index is 0.249. The molecule has 76 valence electrons. The summed E-state index contributed by atoms with van der Waals surface area (Å²) in [5, 5.41) is 0. The van der Waals surface area contributed by atoms with E-state index in [4.69, 9.17) is 15.3 Å². The van der Waals surface area contributed by atoms with Gasteiger partial charge in [0.05, 0.1) is 0 Å². The van der Waals surface area contributed by atoms with Gasteiger partial charge in [0.1, 0.15) is 6.10 Å². The second kappa shape index (κ2) is 5.16. The quantitative estimate of drug-likeness (QED) is 0.369. The number of carbonyl (C=O) groups is 1. The molecule has 0 bridgehead atoms. The van der Waals surface area contributed by atoms with E-state index in [1.54, 1.807) is 6.92 Å². The van der Waals surface area contributed by atoms with Crippen molar-refractivity contribution >= 4 is 5.91 Å². The van der Waals surface area contributed by atoms with Gasteiger partial charge >= 0.3 is 0 Å². The Morgan fingerprint density at radius 3 is 3.00 bits per heavy atom. The Morgan fingerprint density at radius 2 is 2.46 bits per heavy atom. The average molecular weight is 188 g/mol. The van der Waals surface area contributed by atoms with Gasteiger partial charge in [-0.3, -0.25) is 10.2 Å². The van der Waals surface area contributed by atoms with Crippen LogP contribution in [-0.4, -0.2) is 24.9 Å². The van der Waals surface area contributed by atoms with Crippen molar-refractivity contribution in [1.29, 1.82) is 0 Å². The summed E-state index contributed by atoms with van der Waals surface area (Å²) in [6.07, 6.45) is 2.20. The van der Waals surface area contributed by atoms with Gasteiger partial charge in [0.15, 0.2) is 6.29 Å². The fourth-order valence-electron chi connectivity index (χ4n) is 1.23. The third kappa shape index (κ3) is 3.30. The van der Waals surface area contributed by atoms with Gasteiger partial charge in [-0.2, -0.15) is 0 Å². The van der Waals surface area contributed by atoms with E-state index >= 15 is 0 Å². The van der Waals surface area contributed by atoms with E-state index in [0.717, 1.165) is 19.3 Å². The van der Waals surface area contributed by atoms with E-state index in [-0.39, 0.29) is 12.2 Å². The van der Waals surface area contributed by atoms with Gasteiger partial charge in [-0.15, -0.1) is 0 Å². The lowest BCUT2D eigenvalue weighted by atomic mass is 10.2. The number of nitrogens with one attached hydrogen (secondary N) is 1. The van der Waals surface area contributed by atoms with Crippen LogP contribution in [0, 0.1) is 0 Å². The van der Waals surface area contributed by atoms with Gasteiger partial charge in [0.25, 0.3) is 5.91 Å². The van der Waals surface area contributed by atoms with Crippen LogP contribution in [-0.2, 0) is 14.3 Å². The molecule has 1 amide bonds. The van der Waals surface area contributed by atoms with Crippen molar-refractivity contribution in [2.75, 3.05) is 6.61 Å². The van der Waals surface area contributed by atoms with Crippen LogP contribution in [0.2, 0.25) is 0 Å². The number of ether oxygens (including phenoxy) is 2. The molecule has 1 aliphatic heterocycles. The molecule has 2 unspecified atom stereocenters. The Morgan fingerprint density at radius 1 is 1.69 bits per heavy atom. The highest BCUT2D eigenvalue weighted by Crippen LogP contribution is 2.15. The Kier molecular flexibility index (Phi) is 4.14. The molecule has 0 saturated carbocycles. The van der Waals surface area contributed by atoms with Crippen LogP contribution < -0.4 is 11.3 Å². The highest BCUT2D eigenvalue weighted by molar-refractivity contribution is 5.79. The van der Waals surface area contributed by atoms with E-state index in [0.29, 0.717) is 6.61 Å². The monoisotopic (exact) mass is 188 g/mol. The minimum Gasteiger partial charge on any atom is -0.353 e. The number of nitrogens with two attached hydrogens (primary N) is 1. The van der Waals surface area contributed by atoms with Gasteiger partial charge in [-0.05, 0) is 26.2 Å². The van der Waals surface area contributed by atoms with Gasteiger partial charge in [0, 0.05) is 6.61 Å². The van der Waals surface area contributed by atoms with Crippen LogP contribution in [0.15, 0.2) is 0 Å². The molecule has 1 heterocycles. The molecule has 1 rings (SSSR count). The van der Waals surface area contributed by atoms with Crippen molar-refractivity contribution in [3.05, 3.63) is 0 Å². The molecule has 1 fully saturated rings. The molecule has 0 aromatic rings. The van der Waals surface area contributed by atoms with E-state index in [2.05, 4.69) is 0 Å². The van der Waals surface area contributed by atoms with Crippen molar-refractivity contribution in [2.45, 2.75) is 38.6 Å². The van der Waals surface area contributed by atoms with Gasteiger partial charge < -0.3 is 9.47 Å². The molecule has 0 aliphatic carbocycles. The molecule has 2 atom stereocenters. The van der Waals surface area contributed by atoms with Crippen LogP contribution in [0.1, 0.15) is 26.2 Å². The summed E-state index contributed by atoms with van der Waals surface area (Å²) < 4.78 is 10.6. The van der Waals surface area contributed by atoms with Gasteiger partial charge in [-0.1, -0.05) is 0 Å². The maximum atomic E-state index is 11.0. The lowest BCUT2D eigenvalue weighted by molar-refractivity contribution is -0.189. The van der Waals surface area contributed by atoms with Crippen molar-refractivity contribution in [3.8, 4) is 0 Å². The second-order valence-corrected chi connectivity index (χ2v) is 3.08. The van der Waals surface area contributed by atoms with Crippen LogP contribution >= 0.6 is 0 Å². The summed E-state index contributed by atoms with van der Waals surface area (Å²) in [4.78, 5) is 11.0. The Labute approximate surface area is 77.5 Å². The number of amides is 1. The van der Waals surface area contributed by atoms with Crippen LogP contribution in [0.4, 0.5) is 0 Å². The molecule has 0 aromatic carbocycles. The maximum absolute atomic E-state index is 11.0. The minimum atomic E-state index is -0.548. The van der Waals surface area contributed by atoms with Gasteiger partial charge in [-0.25, -0.2) is 5.84 Å². The fraction of sp³-hybridized carbons (Fsp3) is 0.875. The van der Waals surface area contributed by atoms with Crippen molar-refractivity contribution in [3.63, 3.8) is 0 Å². The summed E-state index contributed by atoms with van der Waals surface area (Å²) >= 11 is 0. The molecule has 5 heteroatoms. The maximum Gasteiger partial charge on any atom is 0.262 e. The first-order valence-electron chi connectivity index (χ1n) is 4.51. The van der Waals surface area contributed by atoms with E-state index < -0.39 is 6.10 Å². The van der Waals surface area contributed by atoms with Crippen LogP contribution in [0.25, 0.3) is 0 Å². The molecular weight excluding hydrogens is 172 g/mol. The SMILES string of the molecule is CC(OC1CCCCO1)C(=O)NN. The van der Waals surface area contributed by atoms with Crippen molar-refractivity contribution in [2.24, 2.45) is 5.84 Å². The summed E-state index contributed by atoms with van der Waals surface area (Å²) in [7, 11) is 0. The standard InChI is InChI=1S/C8H16N2O3/c1-6(8(11)10-9)13-7-4-2-3-5-12-7/h6-7H,2-5,9H2,1H3,(H,10,11). The zero-order valence-corrected chi connectivity index (χ0v) is 7.79. The lowest BCUT2D eigenvalue weighted by Gasteiger charge is -2.25. The van der Waals surface area contributed by atoms with E-state index in [1.807, 2.05) is 5.43 Å². The number of hydrogen-bond donors (Lipinski definition) is 2. The predicted octanol–water partition coefficient (Wildman–Crippen LogP) is -0.0920. The average Bonchev–Trinajstić information content (AvgIpc) is 2.18. The summed E-state index contributed by atoms with van der Waals surface area (Å²) in [5.41, 5.74) is 2.03. The van der Waals surface area contributed by atoms with Crippen LogP contribution in [0.5, 0.6) is 0 Å². The molecular formula is C8H16N2O3. The van der Waals surface area contributed by atoms with Crippen molar-refractivity contribution < 1.29 is 14.3 Å². The van der Waals surface area contributed by atoms with Gasteiger partial charge in [0.2, 0.25) is 0 Å². The summed E-state index contributed by atoms with van der Waals surface area (Å²) in [5.74, 6) is 4.63. The molecule has 3 N–H and O–H groups in total. The Balaban J connectivity index is 2.25. The zero-order chi connectivity index (χ0) is 9.68. The Hall–Kier alpha value is -0.650. The highest BCUT2D eigenvalue weighted by Gasteiger charge is 2.20. The highest BCUT2D eigenvalue weighted by atomic mass is 16.7. The molecule has 13 heavy (non-hydrogen) atoms. The third-order valence-corrected chi connectivity index (χ3v) is 2.01. The molecule has 5 nitrogen and oxygen atoms in total. The third-order valence-electron chi connectivity index (χ3n) is 2.01. The fourth-order valence-corrected chi connectivity index (χ4v) is 1.23. The zero-order valence-electron chi connectivity index (χ0n) is 7.79. The smallest absolute Gasteiger partial charge is 0.262 e. The van der Waals surface area contributed by atoms with E-state index in [9.17, 15) is 4.79 Å². The van der Waals surface area contributed by atoms with Crippen LogP contribution in [0.3, 0.4) is 0 Å². The normalized spacial score (nSPS) is 25.2. The first-order valence-corrected chi connectivity index (χ1v) is 4.51. The molecule has 1 aliphatic rings. The topological polar surface area (TPSA) is 73.6 Å². The predicted molar refractivity (Wildman–Crippen MR) is 46.5 cm³/mol. The lowest BCUT2D eigenvalue weighted by Crippen LogP contribution is -2.41. The summed E-state index contributed by atoms with van der Waals surface area (Å²) in [6.45, 7) is 2.36. The van der Waals surface area contributed by atoms with Crippen molar-refractivity contribution in [1.82, 2.24) is 5.43 Å². The summed E-state index contributed by atoms with van der Waals surface area (Å²) in [6, 6.07) is 0. The first kappa shape index (κ1) is 10.4. The molecule has 0 aromatic heterocycles. The Bertz CT molecular complexity index is 169. The second-order valence-electron chi connectivity index (χ2n) is 3.08. The largest absolute Gasteiger partial charge is 0.353 e. The molecule has 0 spiro atoms. The molecule has 1 saturated heterocycles. The van der Waals surface area contributed by atoms with E-state index in [1.165, 1.54) is 0 Å². The number of hydrogen-bond acceptors (Lipinski definition) is 4. The number of hydrazine groups is 1. The number of carbonyl (C=O) groups excluding carboxylic acids is 1. The molecule has 0 radical (unpaired) electrons. The number of rotatable bonds is 3. The first-order chi connectivity index (χ1) is 6.24.